The molecule has 4 nitrogen and oxygen atoms in total. The molecule has 112 valence electrons. The highest BCUT2D eigenvalue weighted by molar-refractivity contribution is 7.88. The van der Waals surface area contributed by atoms with E-state index in [-0.39, 0.29) is 12.4 Å². The van der Waals surface area contributed by atoms with Gasteiger partial charge in [-0.05, 0) is 23.6 Å². The third kappa shape index (κ3) is 4.39. The molecule has 21 heavy (non-hydrogen) atoms. The third-order valence-corrected chi connectivity index (χ3v) is 4.65. The van der Waals surface area contributed by atoms with Gasteiger partial charge in [0, 0.05) is 0 Å². The van der Waals surface area contributed by atoms with E-state index in [0.717, 1.165) is 16.7 Å². The Kier molecular flexibility index (Phi) is 5.12. The van der Waals surface area contributed by atoms with Gasteiger partial charge in [0.05, 0.1) is 18.4 Å². The van der Waals surface area contributed by atoms with Gasteiger partial charge in [-0.2, -0.15) is 0 Å². The van der Waals surface area contributed by atoms with Crippen LogP contribution in [0.3, 0.4) is 0 Å². The average Bonchev–Trinajstić information content (AvgIpc) is 2.48. The van der Waals surface area contributed by atoms with E-state index in [0.29, 0.717) is 0 Å². The van der Waals surface area contributed by atoms with Crippen molar-refractivity contribution in [3.63, 3.8) is 0 Å². The van der Waals surface area contributed by atoms with Gasteiger partial charge in [0.15, 0.2) is 0 Å². The summed E-state index contributed by atoms with van der Waals surface area (Å²) in [6.07, 6.45) is 0. The van der Waals surface area contributed by atoms with Gasteiger partial charge >= 0.3 is 0 Å². The monoisotopic (exact) mass is 305 g/mol. The topological polar surface area (TPSA) is 66.4 Å². The number of hydrogen-bond donors (Lipinski definition) is 2. The number of sulfonamides is 1. The van der Waals surface area contributed by atoms with Crippen molar-refractivity contribution in [1.29, 1.82) is 0 Å². The van der Waals surface area contributed by atoms with E-state index in [2.05, 4.69) is 4.72 Å². The molecule has 0 amide bonds. The molecule has 1 atom stereocenters. The predicted molar refractivity (Wildman–Crippen MR) is 83.2 cm³/mol. The lowest BCUT2D eigenvalue weighted by atomic mass is 10.1. The van der Waals surface area contributed by atoms with Gasteiger partial charge in [-0.1, -0.05) is 54.6 Å². The van der Waals surface area contributed by atoms with Crippen molar-refractivity contribution < 1.29 is 13.5 Å². The molecule has 0 aliphatic carbocycles. The Morgan fingerprint density at radius 2 is 1.67 bits per heavy atom. The first kappa shape index (κ1) is 15.7. The van der Waals surface area contributed by atoms with E-state index in [9.17, 15) is 13.5 Å². The molecule has 2 N–H and O–H groups in total. The maximum atomic E-state index is 12.3. The molecule has 0 aliphatic rings. The van der Waals surface area contributed by atoms with E-state index in [4.69, 9.17) is 0 Å². The number of hydrogen-bond acceptors (Lipinski definition) is 3. The SMILES string of the molecule is Cc1ccccc1CS(=O)(=O)N[C@@H](CO)c1ccccc1. The van der Waals surface area contributed by atoms with Crippen LogP contribution < -0.4 is 4.72 Å². The predicted octanol–water partition coefficient (Wildman–Crippen LogP) is 2.15. The molecule has 0 fully saturated rings. The fraction of sp³-hybridized carbons (Fsp3) is 0.250. The second kappa shape index (κ2) is 6.85. The third-order valence-electron chi connectivity index (χ3n) is 3.31. The highest BCUT2D eigenvalue weighted by Crippen LogP contribution is 2.16. The molecule has 0 saturated carbocycles. The second-order valence-electron chi connectivity index (χ2n) is 4.95. The molecule has 2 rings (SSSR count). The molecular formula is C16H19NO3S. The van der Waals surface area contributed by atoms with Crippen LogP contribution in [0.2, 0.25) is 0 Å². The Hall–Kier alpha value is -1.69. The normalized spacial score (nSPS) is 13.0. The minimum atomic E-state index is -3.53. The summed E-state index contributed by atoms with van der Waals surface area (Å²) in [6, 6.07) is 15.8. The summed E-state index contributed by atoms with van der Waals surface area (Å²) in [4.78, 5) is 0. The zero-order valence-corrected chi connectivity index (χ0v) is 12.7. The highest BCUT2D eigenvalue weighted by Gasteiger charge is 2.19. The largest absolute Gasteiger partial charge is 0.394 e. The zero-order chi connectivity index (χ0) is 15.3. The fourth-order valence-electron chi connectivity index (χ4n) is 2.13. The van der Waals surface area contributed by atoms with E-state index < -0.39 is 16.1 Å². The van der Waals surface area contributed by atoms with Crippen molar-refractivity contribution in [1.82, 2.24) is 4.72 Å². The maximum absolute atomic E-state index is 12.3. The standard InChI is InChI=1S/C16H19NO3S/c1-13-7-5-6-10-15(13)12-21(19,20)17-16(11-18)14-8-3-2-4-9-14/h2-10,16-18H,11-12H2,1H3/t16-/m0/s1. The minimum absolute atomic E-state index is 0.0942. The summed E-state index contributed by atoms with van der Waals surface area (Å²) in [5, 5.41) is 9.44. The number of nitrogens with one attached hydrogen (secondary N) is 1. The first-order valence-corrected chi connectivity index (χ1v) is 8.37. The van der Waals surface area contributed by atoms with Crippen LogP contribution in [0.15, 0.2) is 54.6 Å². The molecule has 0 spiro atoms. The van der Waals surface area contributed by atoms with Crippen LogP contribution in [0.4, 0.5) is 0 Å². The molecule has 2 aromatic carbocycles. The smallest absolute Gasteiger partial charge is 0.216 e. The van der Waals surface area contributed by atoms with Crippen LogP contribution in [0.25, 0.3) is 0 Å². The van der Waals surface area contributed by atoms with Gasteiger partial charge < -0.3 is 5.11 Å². The van der Waals surface area contributed by atoms with Gasteiger partial charge in [-0.25, -0.2) is 13.1 Å². The van der Waals surface area contributed by atoms with Gasteiger partial charge in [0.2, 0.25) is 10.0 Å². The van der Waals surface area contributed by atoms with Crippen molar-refractivity contribution in [2.24, 2.45) is 0 Å². The molecule has 0 bridgehead atoms. The van der Waals surface area contributed by atoms with E-state index in [1.807, 2.05) is 43.3 Å². The molecule has 2 aromatic rings. The Labute approximate surface area is 125 Å². The Balaban J connectivity index is 2.15. The molecule has 5 heteroatoms. The number of aliphatic hydroxyl groups is 1. The summed E-state index contributed by atoms with van der Waals surface area (Å²) in [7, 11) is -3.53. The summed E-state index contributed by atoms with van der Waals surface area (Å²) in [5.74, 6) is -0.0942. The van der Waals surface area contributed by atoms with E-state index in [1.165, 1.54) is 0 Å². The molecule has 0 heterocycles. The molecule has 0 saturated heterocycles. The number of benzene rings is 2. The maximum Gasteiger partial charge on any atom is 0.216 e. The Morgan fingerprint density at radius 1 is 1.05 bits per heavy atom. The number of aryl methyl sites for hydroxylation is 1. The van der Waals surface area contributed by atoms with Gasteiger partial charge in [-0.3, -0.25) is 0 Å². The van der Waals surface area contributed by atoms with Crippen molar-refractivity contribution in [3.8, 4) is 0 Å². The lowest BCUT2D eigenvalue weighted by molar-refractivity contribution is 0.259. The van der Waals surface area contributed by atoms with Crippen LogP contribution >= 0.6 is 0 Å². The van der Waals surface area contributed by atoms with Crippen molar-refractivity contribution in [3.05, 3.63) is 71.3 Å². The van der Waals surface area contributed by atoms with Gasteiger partial charge in [0.25, 0.3) is 0 Å². The summed E-state index contributed by atoms with van der Waals surface area (Å²) in [5.41, 5.74) is 2.44. The molecular weight excluding hydrogens is 286 g/mol. The number of rotatable bonds is 6. The average molecular weight is 305 g/mol. The quantitative estimate of drug-likeness (QED) is 0.859. The summed E-state index contributed by atoms with van der Waals surface area (Å²) >= 11 is 0. The Bertz CT molecular complexity index is 684. The van der Waals surface area contributed by atoms with Crippen molar-refractivity contribution in [2.75, 3.05) is 6.61 Å². The van der Waals surface area contributed by atoms with Crippen LogP contribution in [0.1, 0.15) is 22.7 Å². The summed E-state index contributed by atoms with van der Waals surface area (Å²) in [6.45, 7) is 1.60. The van der Waals surface area contributed by atoms with Crippen molar-refractivity contribution >= 4 is 10.0 Å². The Morgan fingerprint density at radius 3 is 2.29 bits per heavy atom. The lowest BCUT2D eigenvalue weighted by Gasteiger charge is -2.17. The second-order valence-corrected chi connectivity index (χ2v) is 6.70. The number of aliphatic hydroxyl groups excluding tert-OH is 1. The molecule has 0 radical (unpaired) electrons. The minimum Gasteiger partial charge on any atom is -0.394 e. The van der Waals surface area contributed by atoms with Crippen LogP contribution in [0.5, 0.6) is 0 Å². The molecule has 0 aliphatic heterocycles. The fourth-order valence-corrected chi connectivity index (χ4v) is 3.59. The van der Waals surface area contributed by atoms with Gasteiger partial charge in [0.1, 0.15) is 0 Å². The van der Waals surface area contributed by atoms with Crippen LogP contribution in [-0.4, -0.2) is 20.1 Å². The molecule has 0 unspecified atom stereocenters. The van der Waals surface area contributed by atoms with Gasteiger partial charge in [-0.15, -0.1) is 0 Å². The highest BCUT2D eigenvalue weighted by atomic mass is 32.2. The summed E-state index contributed by atoms with van der Waals surface area (Å²) < 4.78 is 27.1. The molecule has 0 aromatic heterocycles. The lowest BCUT2D eigenvalue weighted by Crippen LogP contribution is -2.32. The van der Waals surface area contributed by atoms with Crippen LogP contribution in [0, 0.1) is 6.92 Å². The van der Waals surface area contributed by atoms with E-state index in [1.54, 1.807) is 18.2 Å². The van der Waals surface area contributed by atoms with Crippen LogP contribution in [-0.2, 0) is 15.8 Å². The first-order chi connectivity index (χ1) is 10.0. The zero-order valence-electron chi connectivity index (χ0n) is 11.9. The van der Waals surface area contributed by atoms with Crippen molar-refractivity contribution in [2.45, 2.75) is 18.7 Å². The van der Waals surface area contributed by atoms with E-state index >= 15 is 0 Å². The first-order valence-electron chi connectivity index (χ1n) is 6.72.